The summed E-state index contributed by atoms with van der Waals surface area (Å²) in [5.74, 6) is -0.701. The van der Waals surface area contributed by atoms with Crippen LogP contribution in [0.3, 0.4) is 0 Å². The predicted octanol–water partition coefficient (Wildman–Crippen LogP) is 9.01. The van der Waals surface area contributed by atoms with Crippen LogP contribution in [-0.2, 0) is 14.3 Å². The molecule has 0 aliphatic carbocycles. The molecule has 11 heteroatoms. The number of carbonyl (C=O) groups is 1. The Bertz CT molecular complexity index is 1040. The summed E-state index contributed by atoms with van der Waals surface area (Å²) in [5, 5.41) is 75.8. The number of hydrogen-bond donors (Lipinski definition) is 8. The summed E-state index contributed by atoms with van der Waals surface area (Å²) in [5.41, 5.74) is 0. The standard InChI is InChI=1S/C50H95NO10/c1-3-5-7-9-11-13-15-17-19-20-21-22-23-24-26-28-30-32-34-36-38-43(54)49(59)51-41(40-60-50-48(58)47(57)46(56)44(39-52)61-50)45(55)42(53)37-35-33-31-29-27-25-18-16-14-12-10-8-6-4-2/h13,15,18,25,41-48,50,52-58H,3-12,14,16-17,19-24,26-40H2,1-2H3,(H,51,59)/b15-13-,25-18-/t41-,42+,43-,44+,45-,46+,47-,48+,50+/m0/s1. The summed E-state index contributed by atoms with van der Waals surface area (Å²) in [7, 11) is 0. The first kappa shape index (κ1) is 57.6. The van der Waals surface area contributed by atoms with Gasteiger partial charge < -0.3 is 50.5 Å². The van der Waals surface area contributed by atoms with Gasteiger partial charge in [-0.25, -0.2) is 0 Å². The fourth-order valence-corrected chi connectivity index (χ4v) is 8.02. The molecule has 360 valence electrons. The van der Waals surface area contributed by atoms with Crippen molar-refractivity contribution < 1.29 is 50.0 Å². The van der Waals surface area contributed by atoms with Crippen LogP contribution < -0.4 is 5.32 Å². The summed E-state index contributed by atoms with van der Waals surface area (Å²) >= 11 is 0. The number of unbranched alkanes of at least 4 members (excludes halogenated alkanes) is 26. The molecule has 0 saturated carbocycles. The molecular formula is C50H95NO10. The maximum absolute atomic E-state index is 13.1. The molecule has 9 atom stereocenters. The first-order valence-electron chi connectivity index (χ1n) is 25.2. The van der Waals surface area contributed by atoms with E-state index >= 15 is 0 Å². The van der Waals surface area contributed by atoms with Gasteiger partial charge in [0.25, 0.3) is 0 Å². The second kappa shape index (κ2) is 40.1. The highest BCUT2D eigenvalue weighted by molar-refractivity contribution is 5.80. The number of hydrogen-bond acceptors (Lipinski definition) is 10. The van der Waals surface area contributed by atoms with Crippen molar-refractivity contribution in [2.75, 3.05) is 13.2 Å². The molecule has 8 N–H and O–H groups in total. The van der Waals surface area contributed by atoms with Crippen LogP contribution in [0.1, 0.15) is 219 Å². The normalized spacial score (nSPS) is 21.6. The third-order valence-electron chi connectivity index (χ3n) is 12.2. The Balaban J connectivity index is 2.39. The third kappa shape index (κ3) is 29.6. The van der Waals surface area contributed by atoms with Crippen molar-refractivity contribution in [1.82, 2.24) is 5.32 Å². The lowest BCUT2D eigenvalue weighted by atomic mass is 9.98. The van der Waals surface area contributed by atoms with Crippen LogP contribution in [0, 0.1) is 0 Å². The van der Waals surface area contributed by atoms with Gasteiger partial charge in [0.2, 0.25) is 5.91 Å². The minimum atomic E-state index is -1.66. The molecule has 1 heterocycles. The topological polar surface area (TPSA) is 189 Å². The second-order valence-electron chi connectivity index (χ2n) is 17.9. The van der Waals surface area contributed by atoms with E-state index in [2.05, 4.69) is 43.5 Å². The number of carbonyl (C=O) groups excluding carboxylic acids is 1. The largest absolute Gasteiger partial charge is 0.394 e. The van der Waals surface area contributed by atoms with Gasteiger partial charge in [-0.15, -0.1) is 0 Å². The van der Waals surface area contributed by atoms with E-state index in [0.29, 0.717) is 19.3 Å². The lowest BCUT2D eigenvalue weighted by molar-refractivity contribution is -0.303. The lowest BCUT2D eigenvalue weighted by Gasteiger charge is -2.40. The maximum atomic E-state index is 13.1. The third-order valence-corrected chi connectivity index (χ3v) is 12.2. The number of allylic oxidation sites excluding steroid dienone is 4. The SMILES string of the molecule is CCCCCC/C=C\CCCCCCCCCCCCCC[C@H](O)C(=O)N[C@@H](CO[C@@H]1O[C@H](CO)[C@@H](O)[C@H](O)[C@H]1O)[C@H](O)[C@H](O)CCCCCC/C=C\CCCCCCCC. The van der Waals surface area contributed by atoms with Gasteiger partial charge in [0.1, 0.15) is 36.6 Å². The molecular weight excluding hydrogens is 775 g/mol. The van der Waals surface area contributed by atoms with E-state index in [1.165, 1.54) is 128 Å². The number of ether oxygens (including phenoxy) is 2. The number of rotatable bonds is 42. The van der Waals surface area contributed by atoms with Crippen molar-refractivity contribution in [3.05, 3.63) is 24.3 Å². The fourth-order valence-electron chi connectivity index (χ4n) is 8.02. The van der Waals surface area contributed by atoms with Crippen LogP contribution in [-0.4, -0.2) is 110 Å². The molecule has 1 rings (SSSR count). The minimum absolute atomic E-state index is 0.258. The van der Waals surface area contributed by atoms with Crippen molar-refractivity contribution in [3.8, 4) is 0 Å². The average Bonchev–Trinajstić information content (AvgIpc) is 3.26. The highest BCUT2D eigenvalue weighted by atomic mass is 16.7. The predicted molar refractivity (Wildman–Crippen MR) is 247 cm³/mol. The van der Waals surface area contributed by atoms with E-state index in [1.807, 2.05) is 0 Å². The Labute approximate surface area is 372 Å². The molecule has 0 spiro atoms. The highest BCUT2D eigenvalue weighted by Crippen LogP contribution is 2.23. The zero-order valence-corrected chi connectivity index (χ0v) is 38.9. The van der Waals surface area contributed by atoms with Gasteiger partial charge >= 0.3 is 0 Å². The molecule has 0 aromatic carbocycles. The molecule has 0 aromatic rings. The van der Waals surface area contributed by atoms with Crippen LogP contribution in [0.25, 0.3) is 0 Å². The molecule has 0 unspecified atom stereocenters. The van der Waals surface area contributed by atoms with E-state index in [4.69, 9.17) is 9.47 Å². The summed E-state index contributed by atoms with van der Waals surface area (Å²) < 4.78 is 11.1. The van der Waals surface area contributed by atoms with Gasteiger partial charge in [-0.2, -0.15) is 0 Å². The molecule has 1 aliphatic rings. The van der Waals surface area contributed by atoms with Crippen molar-refractivity contribution in [2.24, 2.45) is 0 Å². The molecule has 0 bridgehead atoms. The van der Waals surface area contributed by atoms with E-state index in [1.54, 1.807) is 0 Å². The Hall–Kier alpha value is -1.41. The van der Waals surface area contributed by atoms with Crippen molar-refractivity contribution >= 4 is 5.91 Å². The molecule has 1 aliphatic heterocycles. The van der Waals surface area contributed by atoms with E-state index in [0.717, 1.165) is 51.4 Å². The smallest absolute Gasteiger partial charge is 0.249 e. The quantitative estimate of drug-likeness (QED) is 0.0217. The molecule has 0 aromatic heterocycles. The van der Waals surface area contributed by atoms with Crippen LogP contribution in [0.2, 0.25) is 0 Å². The number of amides is 1. The van der Waals surface area contributed by atoms with Gasteiger partial charge in [0, 0.05) is 0 Å². The molecule has 0 radical (unpaired) electrons. The zero-order valence-electron chi connectivity index (χ0n) is 38.9. The molecule has 11 nitrogen and oxygen atoms in total. The monoisotopic (exact) mass is 870 g/mol. The van der Waals surface area contributed by atoms with Crippen LogP contribution in [0.4, 0.5) is 0 Å². The Morgan fingerprint density at radius 1 is 0.557 bits per heavy atom. The van der Waals surface area contributed by atoms with Crippen molar-refractivity contribution in [3.63, 3.8) is 0 Å². The van der Waals surface area contributed by atoms with Gasteiger partial charge in [-0.05, 0) is 64.2 Å². The summed E-state index contributed by atoms with van der Waals surface area (Å²) in [4.78, 5) is 13.1. The summed E-state index contributed by atoms with van der Waals surface area (Å²) in [6, 6.07) is -1.17. The zero-order chi connectivity index (χ0) is 44.8. The molecule has 61 heavy (non-hydrogen) atoms. The molecule has 1 amide bonds. The van der Waals surface area contributed by atoms with Gasteiger partial charge in [0.05, 0.1) is 25.4 Å². The fraction of sp³-hybridized carbons (Fsp3) is 0.900. The average molecular weight is 870 g/mol. The van der Waals surface area contributed by atoms with E-state index in [-0.39, 0.29) is 6.42 Å². The van der Waals surface area contributed by atoms with Gasteiger partial charge in [-0.1, -0.05) is 179 Å². The molecule has 1 saturated heterocycles. The first-order valence-corrected chi connectivity index (χ1v) is 25.2. The number of nitrogens with one attached hydrogen (secondary N) is 1. The second-order valence-corrected chi connectivity index (χ2v) is 17.9. The number of aliphatic hydroxyl groups excluding tert-OH is 7. The minimum Gasteiger partial charge on any atom is -0.394 e. The first-order chi connectivity index (χ1) is 29.7. The van der Waals surface area contributed by atoms with E-state index in [9.17, 15) is 40.5 Å². The molecule has 1 fully saturated rings. The summed E-state index contributed by atoms with van der Waals surface area (Å²) in [6.45, 7) is 3.42. The number of aliphatic hydroxyl groups is 7. The van der Waals surface area contributed by atoms with Gasteiger partial charge in [0.15, 0.2) is 6.29 Å². The summed E-state index contributed by atoms with van der Waals surface area (Å²) in [6.07, 6.45) is 33.6. The maximum Gasteiger partial charge on any atom is 0.249 e. The van der Waals surface area contributed by atoms with Crippen molar-refractivity contribution in [2.45, 2.75) is 274 Å². The highest BCUT2D eigenvalue weighted by Gasteiger charge is 2.44. The van der Waals surface area contributed by atoms with Gasteiger partial charge in [-0.3, -0.25) is 4.79 Å². The van der Waals surface area contributed by atoms with Crippen LogP contribution in [0.15, 0.2) is 24.3 Å². The van der Waals surface area contributed by atoms with Crippen molar-refractivity contribution in [1.29, 1.82) is 0 Å². The van der Waals surface area contributed by atoms with Crippen LogP contribution in [0.5, 0.6) is 0 Å². The lowest BCUT2D eigenvalue weighted by Crippen LogP contribution is -2.60. The van der Waals surface area contributed by atoms with Crippen LogP contribution >= 0.6 is 0 Å². The Morgan fingerprint density at radius 3 is 1.39 bits per heavy atom. The Kier molecular flexibility index (Phi) is 37.9. The van der Waals surface area contributed by atoms with E-state index < -0.39 is 74.2 Å². The Morgan fingerprint density at radius 2 is 0.951 bits per heavy atom.